The Labute approximate surface area is 168 Å². The molecule has 0 spiro atoms. The highest BCUT2D eigenvalue weighted by Crippen LogP contribution is 2.36. The first-order valence-corrected chi connectivity index (χ1v) is 10.3. The molecule has 2 aliphatic heterocycles. The standard InChI is InChI=1S/C24H30N2O2/c27-24(22-11-5-2-6-12-22)13-15-25(14-7-10-21-8-3-1-4-9-21)20-23(24)26-16-18-28-19-17-26/h1-12,23,27H,13-20H2/t23-,24+/m1/s1. The van der Waals surface area contributed by atoms with Gasteiger partial charge in [-0.15, -0.1) is 0 Å². The molecule has 2 saturated heterocycles. The number of aliphatic hydroxyl groups is 1. The van der Waals surface area contributed by atoms with Gasteiger partial charge in [0.1, 0.15) is 5.60 Å². The molecule has 0 unspecified atom stereocenters. The summed E-state index contributed by atoms with van der Waals surface area (Å²) >= 11 is 0. The first-order valence-electron chi connectivity index (χ1n) is 10.3. The molecule has 2 aliphatic rings. The molecule has 4 heteroatoms. The van der Waals surface area contributed by atoms with E-state index in [0.717, 1.165) is 57.9 Å². The van der Waals surface area contributed by atoms with Gasteiger partial charge in [-0.2, -0.15) is 0 Å². The number of ether oxygens (including phenoxy) is 1. The van der Waals surface area contributed by atoms with E-state index in [9.17, 15) is 5.11 Å². The number of benzene rings is 2. The Hall–Kier alpha value is -1.98. The molecule has 4 rings (SSSR count). The molecule has 0 saturated carbocycles. The zero-order valence-electron chi connectivity index (χ0n) is 16.4. The third-order valence-corrected chi connectivity index (χ3v) is 6.03. The first kappa shape index (κ1) is 19.3. The van der Waals surface area contributed by atoms with Crippen LogP contribution in [0.4, 0.5) is 0 Å². The molecule has 2 atom stereocenters. The van der Waals surface area contributed by atoms with Crippen LogP contribution in [0.15, 0.2) is 66.7 Å². The number of nitrogens with zero attached hydrogens (tertiary/aromatic N) is 2. The highest BCUT2D eigenvalue weighted by Gasteiger charge is 2.45. The van der Waals surface area contributed by atoms with Crippen molar-refractivity contribution in [1.29, 1.82) is 0 Å². The third kappa shape index (κ3) is 4.36. The van der Waals surface area contributed by atoms with Crippen LogP contribution in [0.2, 0.25) is 0 Å². The molecule has 4 nitrogen and oxygen atoms in total. The van der Waals surface area contributed by atoms with Gasteiger partial charge in [-0.1, -0.05) is 72.8 Å². The number of likely N-dealkylation sites (tertiary alicyclic amines) is 1. The van der Waals surface area contributed by atoms with Crippen molar-refractivity contribution < 1.29 is 9.84 Å². The Kier molecular flexibility index (Phi) is 6.23. The van der Waals surface area contributed by atoms with Gasteiger partial charge in [0.25, 0.3) is 0 Å². The molecule has 2 heterocycles. The Morgan fingerprint density at radius 2 is 1.64 bits per heavy atom. The summed E-state index contributed by atoms with van der Waals surface area (Å²) in [5, 5.41) is 11.7. The zero-order chi connectivity index (χ0) is 19.2. The van der Waals surface area contributed by atoms with Gasteiger partial charge in [-0.05, 0) is 17.5 Å². The SMILES string of the molecule is O[C@]1(c2ccccc2)CCN(CC=Cc2ccccc2)C[C@H]1N1CCOCC1. The second-order valence-corrected chi connectivity index (χ2v) is 7.78. The highest BCUT2D eigenvalue weighted by molar-refractivity contribution is 5.48. The third-order valence-electron chi connectivity index (χ3n) is 6.03. The van der Waals surface area contributed by atoms with Crippen LogP contribution in [0.1, 0.15) is 17.5 Å². The summed E-state index contributed by atoms with van der Waals surface area (Å²) in [6.45, 7) is 5.92. The van der Waals surface area contributed by atoms with Gasteiger partial charge in [0.2, 0.25) is 0 Å². The summed E-state index contributed by atoms with van der Waals surface area (Å²) in [4.78, 5) is 4.88. The summed E-state index contributed by atoms with van der Waals surface area (Å²) in [6, 6.07) is 20.7. The van der Waals surface area contributed by atoms with Crippen LogP contribution >= 0.6 is 0 Å². The molecule has 0 radical (unpaired) electrons. The van der Waals surface area contributed by atoms with Crippen molar-refractivity contribution in [1.82, 2.24) is 9.80 Å². The second kappa shape index (κ2) is 9.01. The summed E-state index contributed by atoms with van der Waals surface area (Å²) in [5.74, 6) is 0. The van der Waals surface area contributed by atoms with E-state index in [0.29, 0.717) is 0 Å². The van der Waals surface area contributed by atoms with E-state index in [2.05, 4.69) is 58.4 Å². The molecule has 148 valence electrons. The minimum Gasteiger partial charge on any atom is -0.383 e. The van der Waals surface area contributed by atoms with Gasteiger partial charge in [-0.25, -0.2) is 0 Å². The van der Waals surface area contributed by atoms with Crippen molar-refractivity contribution in [2.24, 2.45) is 0 Å². The molecular formula is C24H30N2O2. The van der Waals surface area contributed by atoms with Gasteiger partial charge in [0, 0.05) is 32.7 Å². The lowest BCUT2D eigenvalue weighted by atomic mass is 9.79. The van der Waals surface area contributed by atoms with Crippen molar-refractivity contribution in [3.8, 4) is 0 Å². The van der Waals surface area contributed by atoms with Crippen LogP contribution in [-0.4, -0.2) is 66.9 Å². The molecular weight excluding hydrogens is 348 g/mol. The molecule has 1 N–H and O–H groups in total. The van der Waals surface area contributed by atoms with Gasteiger partial charge in [-0.3, -0.25) is 9.80 Å². The van der Waals surface area contributed by atoms with E-state index in [1.165, 1.54) is 5.56 Å². The number of rotatable bonds is 5. The van der Waals surface area contributed by atoms with E-state index in [1.807, 2.05) is 24.3 Å². The maximum atomic E-state index is 11.7. The molecule has 2 fully saturated rings. The highest BCUT2D eigenvalue weighted by atomic mass is 16.5. The van der Waals surface area contributed by atoms with Crippen LogP contribution in [0, 0.1) is 0 Å². The smallest absolute Gasteiger partial charge is 0.108 e. The second-order valence-electron chi connectivity index (χ2n) is 7.78. The van der Waals surface area contributed by atoms with Gasteiger partial charge in [0.05, 0.1) is 19.3 Å². The quantitative estimate of drug-likeness (QED) is 0.868. The number of hydrogen-bond donors (Lipinski definition) is 1. The Balaban J connectivity index is 1.49. The van der Waals surface area contributed by atoms with Crippen LogP contribution in [0.25, 0.3) is 6.08 Å². The minimum atomic E-state index is -0.807. The Morgan fingerprint density at radius 1 is 0.964 bits per heavy atom. The molecule has 2 aromatic carbocycles. The summed E-state index contributed by atoms with van der Waals surface area (Å²) in [7, 11) is 0. The van der Waals surface area contributed by atoms with Crippen LogP contribution in [0.5, 0.6) is 0 Å². The van der Waals surface area contributed by atoms with Crippen LogP contribution in [-0.2, 0) is 10.3 Å². The fourth-order valence-electron chi connectivity index (χ4n) is 4.42. The summed E-state index contributed by atoms with van der Waals surface area (Å²) in [5.41, 5.74) is 1.45. The largest absolute Gasteiger partial charge is 0.383 e. The Bertz CT molecular complexity index is 759. The summed E-state index contributed by atoms with van der Waals surface area (Å²) < 4.78 is 5.56. The van der Waals surface area contributed by atoms with E-state index in [1.54, 1.807) is 0 Å². The van der Waals surface area contributed by atoms with Crippen LogP contribution in [0.3, 0.4) is 0 Å². The number of piperidine rings is 1. The van der Waals surface area contributed by atoms with E-state index in [-0.39, 0.29) is 6.04 Å². The molecule has 0 bridgehead atoms. The lowest BCUT2D eigenvalue weighted by molar-refractivity contribution is -0.117. The molecule has 0 amide bonds. The van der Waals surface area contributed by atoms with Gasteiger partial charge >= 0.3 is 0 Å². The lowest BCUT2D eigenvalue weighted by Crippen LogP contribution is -2.62. The average Bonchev–Trinajstić information content (AvgIpc) is 2.77. The number of morpholine rings is 1. The Morgan fingerprint density at radius 3 is 2.36 bits per heavy atom. The zero-order valence-corrected chi connectivity index (χ0v) is 16.4. The maximum absolute atomic E-state index is 11.7. The predicted octanol–water partition coefficient (Wildman–Crippen LogP) is 2.99. The lowest BCUT2D eigenvalue weighted by Gasteiger charge is -2.50. The monoisotopic (exact) mass is 378 g/mol. The minimum absolute atomic E-state index is 0.0812. The average molecular weight is 379 g/mol. The number of hydrogen-bond acceptors (Lipinski definition) is 4. The van der Waals surface area contributed by atoms with E-state index < -0.39 is 5.60 Å². The fourth-order valence-corrected chi connectivity index (χ4v) is 4.42. The first-order chi connectivity index (χ1) is 13.8. The van der Waals surface area contributed by atoms with Gasteiger partial charge in [0.15, 0.2) is 0 Å². The van der Waals surface area contributed by atoms with E-state index in [4.69, 9.17) is 4.74 Å². The molecule has 2 aromatic rings. The van der Waals surface area contributed by atoms with Gasteiger partial charge < -0.3 is 9.84 Å². The molecule has 0 aliphatic carbocycles. The molecule has 0 aromatic heterocycles. The maximum Gasteiger partial charge on any atom is 0.108 e. The van der Waals surface area contributed by atoms with Crippen molar-refractivity contribution in [2.75, 3.05) is 45.9 Å². The normalized spacial score (nSPS) is 27.2. The topological polar surface area (TPSA) is 35.9 Å². The van der Waals surface area contributed by atoms with Crippen molar-refractivity contribution >= 4 is 6.08 Å². The van der Waals surface area contributed by atoms with Crippen molar-refractivity contribution in [2.45, 2.75) is 18.1 Å². The van der Waals surface area contributed by atoms with Crippen molar-refractivity contribution in [3.63, 3.8) is 0 Å². The molecule has 28 heavy (non-hydrogen) atoms. The predicted molar refractivity (Wildman–Crippen MR) is 113 cm³/mol. The fraction of sp³-hybridized carbons (Fsp3) is 0.417. The summed E-state index contributed by atoms with van der Waals surface area (Å²) in [6.07, 6.45) is 5.17. The van der Waals surface area contributed by atoms with E-state index >= 15 is 0 Å². The van der Waals surface area contributed by atoms with Crippen LogP contribution < -0.4 is 0 Å². The van der Waals surface area contributed by atoms with Crippen molar-refractivity contribution in [3.05, 3.63) is 77.9 Å².